The molecule has 9 heteroatoms. The first-order valence-electron chi connectivity index (χ1n) is 11.2. The number of hydrogen-bond acceptors (Lipinski definition) is 6. The number of thioether (sulfide) groups is 1. The molecule has 36 heavy (non-hydrogen) atoms. The van der Waals surface area contributed by atoms with Crippen LogP contribution in [0.5, 0.6) is 5.75 Å². The van der Waals surface area contributed by atoms with Crippen LogP contribution in [-0.4, -0.2) is 29.2 Å². The SMILES string of the molecule is CCC(Sc1cccc(NC(=O)c2ccccc2F)c1)C(=O)Nc1nc(-c2cccc(OC)c2)cs1. The number of ether oxygens (including phenoxy) is 1. The van der Waals surface area contributed by atoms with E-state index in [0.29, 0.717) is 17.2 Å². The summed E-state index contributed by atoms with van der Waals surface area (Å²) in [6.07, 6.45) is 0.594. The molecule has 4 aromatic rings. The number of rotatable bonds is 9. The van der Waals surface area contributed by atoms with Crippen LogP contribution in [0.1, 0.15) is 23.7 Å². The van der Waals surface area contributed by atoms with E-state index in [1.54, 1.807) is 31.4 Å². The summed E-state index contributed by atoms with van der Waals surface area (Å²) in [5.74, 6) is -0.536. The van der Waals surface area contributed by atoms with Crippen LogP contribution in [0.3, 0.4) is 0 Å². The number of carbonyl (C=O) groups is 2. The van der Waals surface area contributed by atoms with Gasteiger partial charge in [0.25, 0.3) is 5.91 Å². The molecule has 1 unspecified atom stereocenters. The van der Waals surface area contributed by atoms with Crippen molar-refractivity contribution in [2.75, 3.05) is 17.7 Å². The maximum absolute atomic E-state index is 13.9. The normalized spacial score (nSPS) is 11.5. The van der Waals surface area contributed by atoms with Crippen LogP contribution in [0.4, 0.5) is 15.2 Å². The molecule has 2 N–H and O–H groups in total. The molecule has 4 rings (SSSR count). The third-order valence-corrected chi connectivity index (χ3v) is 7.37. The number of thiazole rings is 1. The number of halogens is 1. The highest BCUT2D eigenvalue weighted by Crippen LogP contribution is 2.31. The third kappa shape index (κ3) is 6.30. The van der Waals surface area contributed by atoms with E-state index in [2.05, 4.69) is 15.6 Å². The predicted octanol–water partition coefficient (Wildman–Crippen LogP) is 6.72. The molecule has 0 saturated heterocycles. The van der Waals surface area contributed by atoms with Gasteiger partial charge in [-0.25, -0.2) is 9.37 Å². The minimum Gasteiger partial charge on any atom is -0.497 e. The Labute approximate surface area is 216 Å². The minimum absolute atomic E-state index is 0.0295. The summed E-state index contributed by atoms with van der Waals surface area (Å²) in [6, 6.07) is 20.5. The number of carbonyl (C=O) groups excluding carboxylic acids is 2. The number of aromatic nitrogens is 1. The summed E-state index contributed by atoms with van der Waals surface area (Å²) in [6.45, 7) is 1.94. The van der Waals surface area contributed by atoms with Gasteiger partial charge >= 0.3 is 0 Å². The van der Waals surface area contributed by atoms with Crippen molar-refractivity contribution in [1.29, 1.82) is 0 Å². The number of methoxy groups -OCH3 is 1. The quantitative estimate of drug-likeness (QED) is 0.239. The van der Waals surface area contributed by atoms with Gasteiger partial charge in [-0.3, -0.25) is 9.59 Å². The van der Waals surface area contributed by atoms with Gasteiger partial charge in [-0.05, 0) is 48.9 Å². The second-order valence-electron chi connectivity index (χ2n) is 7.74. The molecule has 0 radical (unpaired) electrons. The first kappa shape index (κ1) is 25.4. The van der Waals surface area contributed by atoms with E-state index >= 15 is 0 Å². The van der Waals surface area contributed by atoms with E-state index in [4.69, 9.17) is 4.74 Å². The zero-order valence-electron chi connectivity index (χ0n) is 19.7. The molecule has 0 spiro atoms. The van der Waals surface area contributed by atoms with Crippen molar-refractivity contribution in [3.8, 4) is 17.0 Å². The molecular weight excluding hydrogens is 497 g/mol. The van der Waals surface area contributed by atoms with Crippen LogP contribution in [0.25, 0.3) is 11.3 Å². The highest BCUT2D eigenvalue weighted by molar-refractivity contribution is 8.00. The van der Waals surface area contributed by atoms with Crippen LogP contribution in [0.15, 0.2) is 83.1 Å². The predicted molar refractivity (Wildman–Crippen MR) is 143 cm³/mol. The molecule has 0 fully saturated rings. The maximum Gasteiger partial charge on any atom is 0.258 e. The van der Waals surface area contributed by atoms with Crippen LogP contribution >= 0.6 is 23.1 Å². The van der Waals surface area contributed by atoms with Gasteiger partial charge in [-0.1, -0.05) is 37.3 Å². The zero-order valence-corrected chi connectivity index (χ0v) is 21.3. The van der Waals surface area contributed by atoms with Crippen molar-refractivity contribution < 1.29 is 18.7 Å². The van der Waals surface area contributed by atoms with Crippen molar-refractivity contribution in [3.05, 3.63) is 89.6 Å². The van der Waals surface area contributed by atoms with Gasteiger partial charge in [0.2, 0.25) is 5.91 Å². The first-order valence-corrected chi connectivity index (χ1v) is 13.0. The molecule has 0 aliphatic rings. The molecule has 0 aliphatic carbocycles. The third-order valence-electron chi connectivity index (χ3n) is 5.25. The molecule has 0 aliphatic heterocycles. The summed E-state index contributed by atoms with van der Waals surface area (Å²) in [5.41, 5.74) is 2.15. The Morgan fingerprint density at radius 1 is 1.06 bits per heavy atom. The number of nitrogens with one attached hydrogen (secondary N) is 2. The Morgan fingerprint density at radius 3 is 2.64 bits per heavy atom. The molecule has 2 amide bonds. The molecule has 0 bridgehead atoms. The van der Waals surface area contributed by atoms with Crippen molar-refractivity contribution >= 4 is 45.7 Å². The fraction of sp³-hybridized carbons (Fsp3) is 0.148. The molecule has 3 aromatic carbocycles. The minimum atomic E-state index is -0.583. The van der Waals surface area contributed by atoms with E-state index < -0.39 is 11.7 Å². The molecule has 1 aromatic heterocycles. The Morgan fingerprint density at radius 2 is 1.86 bits per heavy atom. The van der Waals surface area contributed by atoms with E-state index in [1.807, 2.05) is 42.6 Å². The van der Waals surface area contributed by atoms with Gasteiger partial charge in [0.1, 0.15) is 11.6 Å². The van der Waals surface area contributed by atoms with E-state index in [1.165, 1.54) is 41.3 Å². The second-order valence-corrected chi connectivity index (χ2v) is 9.87. The Kier molecular flexibility index (Phi) is 8.35. The lowest BCUT2D eigenvalue weighted by atomic mass is 10.2. The van der Waals surface area contributed by atoms with Gasteiger partial charge in [-0.15, -0.1) is 23.1 Å². The van der Waals surface area contributed by atoms with E-state index in [9.17, 15) is 14.0 Å². The Bertz CT molecular complexity index is 1380. The molecule has 0 saturated carbocycles. The van der Waals surface area contributed by atoms with Crippen molar-refractivity contribution in [2.45, 2.75) is 23.5 Å². The van der Waals surface area contributed by atoms with E-state index in [0.717, 1.165) is 21.9 Å². The van der Waals surface area contributed by atoms with Crippen LogP contribution < -0.4 is 15.4 Å². The number of hydrogen-bond donors (Lipinski definition) is 2. The molecule has 1 heterocycles. The lowest BCUT2D eigenvalue weighted by Crippen LogP contribution is -2.24. The monoisotopic (exact) mass is 521 g/mol. The molecule has 184 valence electrons. The van der Waals surface area contributed by atoms with Crippen LogP contribution in [0.2, 0.25) is 0 Å². The van der Waals surface area contributed by atoms with Crippen molar-refractivity contribution in [2.24, 2.45) is 0 Å². The number of anilines is 2. The van der Waals surface area contributed by atoms with Gasteiger partial charge in [-0.2, -0.15) is 0 Å². The summed E-state index contributed by atoms with van der Waals surface area (Å²) < 4.78 is 19.2. The topological polar surface area (TPSA) is 80.3 Å². The molecule has 6 nitrogen and oxygen atoms in total. The number of nitrogens with zero attached hydrogens (tertiary/aromatic N) is 1. The van der Waals surface area contributed by atoms with Crippen molar-refractivity contribution in [3.63, 3.8) is 0 Å². The number of benzene rings is 3. The smallest absolute Gasteiger partial charge is 0.258 e. The van der Waals surface area contributed by atoms with E-state index in [-0.39, 0.29) is 16.7 Å². The lowest BCUT2D eigenvalue weighted by Gasteiger charge is -2.14. The van der Waals surface area contributed by atoms with Gasteiger partial charge in [0.05, 0.1) is 23.6 Å². The summed E-state index contributed by atoms with van der Waals surface area (Å²) in [7, 11) is 1.61. The maximum atomic E-state index is 13.9. The van der Waals surface area contributed by atoms with Crippen LogP contribution in [-0.2, 0) is 4.79 Å². The fourth-order valence-corrected chi connectivity index (χ4v) is 5.15. The Hall–Kier alpha value is -3.69. The second kappa shape index (κ2) is 11.8. The Balaban J connectivity index is 1.40. The first-order chi connectivity index (χ1) is 17.5. The molecule has 1 atom stereocenters. The van der Waals surface area contributed by atoms with Gasteiger partial charge in [0, 0.05) is 21.5 Å². The standard InChI is InChI=1S/C27H24FN3O3S2/c1-3-24(26(33)31-27-30-23(16-35-27)17-8-6-10-19(14-17)34-2)36-20-11-7-9-18(15-20)29-25(32)21-12-4-5-13-22(21)28/h4-16,24H,3H2,1-2H3,(H,29,32)(H,30,31,33). The summed E-state index contributed by atoms with van der Waals surface area (Å²) >= 11 is 2.74. The highest BCUT2D eigenvalue weighted by atomic mass is 32.2. The van der Waals surface area contributed by atoms with Gasteiger partial charge < -0.3 is 15.4 Å². The average Bonchev–Trinajstić information content (AvgIpc) is 3.36. The summed E-state index contributed by atoms with van der Waals surface area (Å²) in [5, 5.41) is 7.66. The number of amides is 2. The summed E-state index contributed by atoms with van der Waals surface area (Å²) in [4.78, 5) is 30.8. The average molecular weight is 522 g/mol. The largest absolute Gasteiger partial charge is 0.497 e. The van der Waals surface area contributed by atoms with Crippen molar-refractivity contribution in [1.82, 2.24) is 4.98 Å². The lowest BCUT2D eigenvalue weighted by molar-refractivity contribution is -0.115. The van der Waals surface area contributed by atoms with Crippen LogP contribution in [0, 0.1) is 5.82 Å². The molecular formula is C27H24FN3O3S2. The zero-order chi connectivity index (χ0) is 25.5. The highest BCUT2D eigenvalue weighted by Gasteiger charge is 2.20. The van der Waals surface area contributed by atoms with Gasteiger partial charge in [0.15, 0.2) is 5.13 Å². The fourth-order valence-electron chi connectivity index (χ4n) is 3.41.